The van der Waals surface area contributed by atoms with Gasteiger partial charge in [0, 0.05) is 5.69 Å². The van der Waals surface area contributed by atoms with Crippen LogP contribution in [0.15, 0.2) is 36.4 Å². The van der Waals surface area contributed by atoms with E-state index in [1.807, 2.05) is 6.07 Å². The summed E-state index contributed by atoms with van der Waals surface area (Å²) in [5.74, 6) is -0.812. The number of halogens is 2. The third kappa shape index (κ3) is 2.46. The summed E-state index contributed by atoms with van der Waals surface area (Å²) < 4.78 is 26.3. The maximum atomic E-state index is 13.4. The van der Waals surface area contributed by atoms with Crippen molar-refractivity contribution in [2.24, 2.45) is 0 Å². The molecule has 0 unspecified atom stereocenters. The summed E-state index contributed by atoms with van der Waals surface area (Å²) in [7, 11) is 0. The van der Waals surface area contributed by atoms with Crippen molar-refractivity contribution < 1.29 is 8.78 Å². The first-order valence-electron chi connectivity index (χ1n) is 5.33. The monoisotopic (exact) mass is 244 g/mol. The molecule has 2 aromatic rings. The lowest BCUT2D eigenvalue weighted by Crippen LogP contribution is -1.95. The maximum absolute atomic E-state index is 13.4. The lowest BCUT2D eigenvalue weighted by molar-refractivity contribution is 0.619. The molecule has 0 saturated heterocycles. The molecular formula is C14H10F2N2. The minimum absolute atomic E-state index is 0.177. The molecule has 90 valence electrons. The summed E-state index contributed by atoms with van der Waals surface area (Å²) in [4.78, 5) is 0. The largest absolute Gasteiger partial charge is 0.354 e. The second-order valence-corrected chi connectivity index (χ2v) is 3.89. The van der Waals surface area contributed by atoms with E-state index >= 15 is 0 Å². The number of nitrogens with one attached hydrogen (secondary N) is 1. The molecule has 0 heterocycles. The van der Waals surface area contributed by atoms with Gasteiger partial charge >= 0.3 is 0 Å². The van der Waals surface area contributed by atoms with E-state index in [0.29, 0.717) is 16.9 Å². The van der Waals surface area contributed by atoms with E-state index in [2.05, 4.69) is 5.32 Å². The fourth-order valence-electron chi connectivity index (χ4n) is 1.54. The van der Waals surface area contributed by atoms with Crippen LogP contribution in [-0.2, 0) is 0 Å². The summed E-state index contributed by atoms with van der Waals surface area (Å²) >= 11 is 0. The lowest BCUT2D eigenvalue weighted by Gasteiger charge is -2.09. The van der Waals surface area contributed by atoms with Crippen molar-refractivity contribution in [3.63, 3.8) is 0 Å². The van der Waals surface area contributed by atoms with Crippen LogP contribution < -0.4 is 5.32 Å². The molecule has 0 aliphatic heterocycles. The van der Waals surface area contributed by atoms with E-state index in [4.69, 9.17) is 5.26 Å². The van der Waals surface area contributed by atoms with Gasteiger partial charge in [0.25, 0.3) is 0 Å². The van der Waals surface area contributed by atoms with Crippen LogP contribution in [0.5, 0.6) is 0 Å². The molecule has 0 aliphatic rings. The van der Waals surface area contributed by atoms with Gasteiger partial charge in [0.15, 0.2) is 0 Å². The zero-order chi connectivity index (χ0) is 13.1. The van der Waals surface area contributed by atoms with E-state index in [0.717, 1.165) is 6.07 Å². The Bertz CT molecular complexity index is 630. The molecule has 0 fully saturated rings. The molecule has 0 spiro atoms. The second-order valence-electron chi connectivity index (χ2n) is 3.89. The Morgan fingerprint density at radius 3 is 2.56 bits per heavy atom. The van der Waals surface area contributed by atoms with Gasteiger partial charge in [-0.05, 0) is 42.8 Å². The minimum atomic E-state index is -0.479. The maximum Gasteiger partial charge on any atom is 0.128 e. The predicted molar refractivity (Wildman–Crippen MR) is 65.5 cm³/mol. The topological polar surface area (TPSA) is 35.8 Å². The number of hydrogen-bond donors (Lipinski definition) is 1. The fourth-order valence-corrected chi connectivity index (χ4v) is 1.54. The molecule has 18 heavy (non-hydrogen) atoms. The number of hydrogen-bond acceptors (Lipinski definition) is 2. The molecule has 0 aliphatic carbocycles. The normalized spacial score (nSPS) is 9.89. The van der Waals surface area contributed by atoms with Crippen molar-refractivity contribution in [3.8, 4) is 6.07 Å². The number of nitriles is 1. The molecule has 2 aromatic carbocycles. The van der Waals surface area contributed by atoms with Gasteiger partial charge in [0.2, 0.25) is 0 Å². The molecule has 0 aromatic heterocycles. The molecule has 4 heteroatoms. The van der Waals surface area contributed by atoms with Crippen molar-refractivity contribution in [2.75, 3.05) is 5.32 Å². The van der Waals surface area contributed by atoms with Gasteiger partial charge in [-0.1, -0.05) is 6.07 Å². The Morgan fingerprint density at radius 1 is 1.11 bits per heavy atom. The van der Waals surface area contributed by atoms with Crippen molar-refractivity contribution in [2.45, 2.75) is 6.92 Å². The predicted octanol–water partition coefficient (Wildman–Crippen LogP) is 3.89. The molecule has 0 bridgehead atoms. The Balaban J connectivity index is 2.34. The first-order valence-corrected chi connectivity index (χ1v) is 5.33. The van der Waals surface area contributed by atoms with Gasteiger partial charge in [0.1, 0.15) is 17.7 Å². The third-order valence-electron chi connectivity index (χ3n) is 2.55. The molecule has 0 saturated carbocycles. The summed E-state index contributed by atoms with van der Waals surface area (Å²) in [5.41, 5.74) is 1.68. The molecule has 2 rings (SSSR count). The van der Waals surface area contributed by atoms with Gasteiger partial charge in [-0.3, -0.25) is 0 Å². The average Bonchev–Trinajstić information content (AvgIpc) is 2.36. The van der Waals surface area contributed by atoms with Crippen molar-refractivity contribution in [1.82, 2.24) is 0 Å². The number of anilines is 2. The number of nitrogens with zero attached hydrogens (tertiary/aromatic N) is 1. The highest BCUT2D eigenvalue weighted by molar-refractivity contribution is 5.66. The highest BCUT2D eigenvalue weighted by atomic mass is 19.1. The number of rotatable bonds is 2. The number of aryl methyl sites for hydroxylation is 1. The van der Waals surface area contributed by atoms with Crippen molar-refractivity contribution in [3.05, 3.63) is 59.2 Å². The highest BCUT2D eigenvalue weighted by Gasteiger charge is 2.05. The first kappa shape index (κ1) is 12.1. The lowest BCUT2D eigenvalue weighted by atomic mass is 10.1. The Kier molecular flexibility index (Phi) is 3.24. The van der Waals surface area contributed by atoms with Gasteiger partial charge in [-0.25, -0.2) is 8.78 Å². The minimum Gasteiger partial charge on any atom is -0.354 e. The van der Waals surface area contributed by atoms with Crippen LogP contribution >= 0.6 is 0 Å². The van der Waals surface area contributed by atoms with Crippen molar-refractivity contribution >= 4 is 11.4 Å². The quantitative estimate of drug-likeness (QED) is 0.869. The van der Waals surface area contributed by atoms with E-state index < -0.39 is 5.82 Å². The van der Waals surface area contributed by atoms with Crippen molar-refractivity contribution in [1.29, 1.82) is 5.26 Å². The summed E-state index contributed by atoms with van der Waals surface area (Å²) in [5, 5.41) is 11.8. The first-order chi connectivity index (χ1) is 8.60. The van der Waals surface area contributed by atoms with Crippen LogP contribution in [0.25, 0.3) is 0 Å². The standard InChI is InChI=1S/C14H10F2N2/c1-9-2-4-12(7-13(9)16)18-14-5-3-11(15)6-10(14)8-17/h2-7,18H,1H3. The van der Waals surface area contributed by atoms with E-state index in [1.54, 1.807) is 19.1 Å². The van der Waals surface area contributed by atoms with Crippen LogP contribution in [0.3, 0.4) is 0 Å². The smallest absolute Gasteiger partial charge is 0.128 e. The zero-order valence-electron chi connectivity index (χ0n) is 9.67. The van der Waals surface area contributed by atoms with Crippen LogP contribution in [0, 0.1) is 29.9 Å². The summed E-state index contributed by atoms with van der Waals surface area (Å²) in [6.45, 7) is 1.66. The molecule has 0 radical (unpaired) electrons. The molecule has 0 atom stereocenters. The van der Waals surface area contributed by atoms with Gasteiger partial charge in [-0.2, -0.15) is 5.26 Å². The molecule has 0 amide bonds. The van der Waals surface area contributed by atoms with Gasteiger partial charge in [-0.15, -0.1) is 0 Å². The summed E-state index contributed by atoms with van der Waals surface area (Å²) in [6, 6.07) is 10.4. The van der Waals surface area contributed by atoms with Gasteiger partial charge in [0.05, 0.1) is 11.3 Å². The highest BCUT2D eigenvalue weighted by Crippen LogP contribution is 2.22. The average molecular weight is 244 g/mol. The zero-order valence-corrected chi connectivity index (χ0v) is 9.67. The van der Waals surface area contributed by atoms with E-state index in [1.165, 1.54) is 18.2 Å². The van der Waals surface area contributed by atoms with Crippen LogP contribution in [-0.4, -0.2) is 0 Å². The molecule has 2 nitrogen and oxygen atoms in total. The van der Waals surface area contributed by atoms with Crippen LogP contribution in [0.2, 0.25) is 0 Å². The van der Waals surface area contributed by atoms with E-state index in [-0.39, 0.29) is 11.4 Å². The SMILES string of the molecule is Cc1ccc(Nc2ccc(F)cc2C#N)cc1F. The fraction of sp³-hybridized carbons (Fsp3) is 0.0714. The Labute approximate surface area is 103 Å². The van der Waals surface area contributed by atoms with Crippen LogP contribution in [0.1, 0.15) is 11.1 Å². The van der Waals surface area contributed by atoms with Crippen LogP contribution in [0.4, 0.5) is 20.2 Å². The Hall–Kier alpha value is -2.41. The second kappa shape index (κ2) is 4.84. The van der Waals surface area contributed by atoms with E-state index in [9.17, 15) is 8.78 Å². The molecular weight excluding hydrogens is 234 g/mol. The van der Waals surface area contributed by atoms with Gasteiger partial charge < -0.3 is 5.32 Å². The third-order valence-corrected chi connectivity index (χ3v) is 2.55. The molecule has 1 N–H and O–H groups in total. The Morgan fingerprint density at radius 2 is 1.89 bits per heavy atom. The number of benzene rings is 2. The summed E-state index contributed by atoms with van der Waals surface area (Å²) in [6.07, 6.45) is 0.